The van der Waals surface area contributed by atoms with E-state index in [-0.39, 0.29) is 11.0 Å². The summed E-state index contributed by atoms with van der Waals surface area (Å²) in [4.78, 5) is 0. The zero-order chi connectivity index (χ0) is 13.8. The van der Waals surface area contributed by atoms with Crippen LogP contribution in [0.3, 0.4) is 0 Å². The Morgan fingerprint density at radius 1 is 1.26 bits per heavy atom. The van der Waals surface area contributed by atoms with Gasteiger partial charge in [-0.3, -0.25) is 4.57 Å². The minimum Gasteiger partial charge on any atom is -0.435 e. The molecular weight excluding hydrogens is 276 g/mol. The molecule has 0 saturated heterocycles. The number of aryl methyl sites for hydroxylation is 1. The first kappa shape index (κ1) is 13.7. The van der Waals surface area contributed by atoms with Gasteiger partial charge >= 0.3 is 6.61 Å². The SMILES string of the molecule is CCCc1nnc(Cl)n1-c1ccc(OC(F)F)cc1. The average Bonchev–Trinajstić information content (AvgIpc) is 2.72. The molecule has 0 spiro atoms. The van der Waals surface area contributed by atoms with E-state index < -0.39 is 6.61 Å². The molecule has 0 amide bonds. The van der Waals surface area contributed by atoms with Gasteiger partial charge in [-0.25, -0.2) is 0 Å². The van der Waals surface area contributed by atoms with Crippen LogP contribution in [0.15, 0.2) is 24.3 Å². The number of hydrogen-bond donors (Lipinski definition) is 0. The standard InChI is InChI=1S/C12H12ClF2N3O/c1-2-3-10-16-17-11(13)18(10)8-4-6-9(7-5-8)19-12(14)15/h4-7,12H,2-3H2,1H3. The molecule has 2 aromatic rings. The van der Waals surface area contributed by atoms with E-state index in [0.29, 0.717) is 5.69 Å². The quantitative estimate of drug-likeness (QED) is 0.845. The van der Waals surface area contributed by atoms with Crippen LogP contribution in [-0.4, -0.2) is 21.4 Å². The molecule has 4 nitrogen and oxygen atoms in total. The lowest BCUT2D eigenvalue weighted by molar-refractivity contribution is -0.0498. The minimum atomic E-state index is -2.83. The van der Waals surface area contributed by atoms with Crippen molar-refractivity contribution >= 4 is 11.6 Å². The molecule has 1 aromatic carbocycles. The third-order valence-electron chi connectivity index (χ3n) is 2.48. The molecule has 1 aromatic heterocycles. The summed E-state index contributed by atoms with van der Waals surface area (Å²) >= 11 is 5.98. The Balaban J connectivity index is 2.29. The van der Waals surface area contributed by atoms with E-state index in [1.165, 1.54) is 12.1 Å². The molecule has 102 valence electrons. The highest BCUT2D eigenvalue weighted by molar-refractivity contribution is 6.28. The van der Waals surface area contributed by atoms with E-state index in [1.54, 1.807) is 16.7 Å². The Morgan fingerprint density at radius 2 is 1.95 bits per heavy atom. The van der Waals surface area contributed by atoms with Crippen molar-refractivity contribution < 1.29 is 13.5 Å². The summed E-state index contributed by atoms with van der Waals surface area (Å²) in [5.74, 6) is 0.829. The summed E-state index contributed by atoms with van der Waals surface area (Å²) < 4.78 is 30.1. The number of aromatic nitrogens is 3. The summed E-state index contributed by atoms with van der Waals surface area (Å²) in [5, 5.41) is 8.03. The van der Waals surface area contributed by atoms with Crippen LogP contribution >= 0.6 is 11.6 Å². The summed E-state index contributed by atoms with van der Waals surface area (Å²) in [6, 6.07) is 6.17. The number of alkyl halides is 2. The van der Waals surface area contributed by atoms with Crippen molar-refractivity contribution in [2.24, 2.45) is 0 Å². The van der Waals surface area contributed by atoms with Crippen molar-refractivity contribution in [3.8, 4) is 11.4 Å². The monoisotopic (exact) mass is 287 g/mol. The third-order valence-corrected chi connectivity index (χ3v) is 2.73. The molecule has 2 rings (SSSR count). The van der Waals surface area contributed by atoms with Crippen LogP contribution in [0.2, 0.25) is 5.28 Å². The number of benzene rings is 1. The highest BCUT2D eigenvalue weighted by Crippen LogP contribution is 2.21. The van der Waals surface area contributed by atoms with Crippen molar-refractivity contribution in [3.05, 3.63) is 35.4 Å². The maximum atomic E-state index is 12.1. The van der Waals surface area contributed by atoms with E-state index in [1.807, 2.05) is 6.92 Å². The Morgan fingerprint density at radius 3 is 2.53 bits per heavy atom. The van der Waals surface area contributed by atoms with Crippen LogP contribution < -0.4 is 4.74 Å². The van der Waals surface area contributed by atoms with Crippen molar-refractivity contribution in [2.45, 2.75) is 26.4 Å². The van der Waals surface area contributed by atoms with Crippen LogP contribution in [-0.2, 0) is 6.42 Å². The number of rotatable bonds is 5. The second-order valence-electron chi connectivity index (χ2n) is 3.84. The molecule has 19 heavy (non-hydrogen) atoms. The number of hydrogen-bond acceptors (Lipinski definition) is 3. The van der Waals surface area contributed by atoms with Gasteiger partial charge in [0.25, 0.3) is 0 Å². The molecular formula is C12H12ClF2N3O. The molecule has 0 aliphatic rings. The van der Waals surface area contributed by atoms with Crippen molar-refractivity contribution in [1.82, 2.24) is 14.8 Å². The molecule has 0 atom stereocenters. The van der Waals surface area contributed by atoms with Gasteiger partial charge in [-0.15, -0.1) is 10.2 Å². The highest BCUT2D eigenvalue weighted by atomic mass is 35.5. The first-order chi connectivity index (χ1) is 9.11. The molecule has 0 unspecified atom stereocenters. The van der Waals surface area contributed by atoms with E-state index in [2.05, 4.69) is 14.9 Å². The topological polar surface area (TPSA) is 39.9 Å². The van der Waals surface area contributed by atoms with Crippen LogP contribution in [0.1, 0.15) is 19.2 Å². The fraction of sp³-hybridized carbons (Fsp3) is 0.333. The van der Waals surface area contributed by atoms with Crippen LogP contribution in [0, 0.1) is 0 Å². The van der Waals surface area contributed by atoms with Crippen LogP contribution in [0.5, 0.6) is 5.75 Å². The van der Waals surface area contributed by atoms with Crippen molar-refractivity contribution in [3.63, 3.8) is 0 Å². The molecule has 0 saturated carbocycles. The normalized spacial score (nSPS) is 11.0. The van der Waals surface area contributed by atoms with E-state index in [0.717, 1.165) is 18.7 Å². The fourth-order valence-corrected chi connectivity index (χ4v) is 1.95. The molecule has 7 heteroatoms. The van der Waals surface area contributed by atoms with Gasteiger partial charge in [-0.1, -0.05) is 6.92 Å². The first-order valence-corrected chi connectivity index (χ1v) is 6.14. The maximum Gasteiger partial charge on any atom is 0.387 e. The summed E-state index contributed by atoms with van der Waals surface area (Å²) in [7, 11) is 0. The third kappa shape index (κ3) is 3.20. The lowest BCUT2D eigenvalue weighted by atomic mass is 10.2. The van der Waals surface area contributed by atoms with E-state index in [4.69, 9.17) is 11.6 Å². The van der Waals surface area contributed by atoms with Gasteiger partial charge in [-0.2, -0.15) is 8.78 Å². The Bertz CT molecular complexity index is 542. The first-order valence-electron chi connectivity index (χ1n) is 5.77. The van der Waals surface area contributed by atoms with Gasteiger partial charge in [0.1, 0.15) is 11.6 Å². The molecule has 0 fully saturated rings. The Kier molecular flexibility index (Phi) is 4.31. The number of ether oxygens (including phenoxy) is 1. The lowest BCUT2D eigenvalue weighted by Gasteiger charge is -2.09. The van der Waals surface area contributed by atoms with E-state index >= 15 is 0 Å². The summed E-state index contributed by atoms with van der Waals surface area (Å²) in [6.45, 7) is -0.813. The maximum absolute atomic E-state index is 12.1. The minimum absolute atomic E-state index is 0.0972. The predicted molar refractivity (Wildman–Crippen MR) is 67.0 cm³/mol. The Labute approximate surface area is 114 Å². The molecule has 0 bridgehead atoms. The zero-order valence-electron chi connectivity index (χ0n) is 10.2. The number of nitrogens with zero attached hydrogens (tertiary/aromatic N) is 3. The second kappa shape index (κ2) is 5.97. The molecule has 0 radical (unpaired) electrons. The molecule has 1 heterocycles. The smallest absolute Gasteiger partial charge is 0.387 e. The van der Waals surface area contributed by atoms with Gasteiger partial charge in [0.05, 0.1) is 5.69 Å². The van der Waals surface area contributed by atoms with Crippen LogP contribution in [0.25, 0.3) is 5.69 Å². The molecule has 0 N–H and O–H groups in total. The Hall–Kier alpha value is -1.69. The predicted octanol–water partition coefficient (Wildman–Crippen LogP) is 3.47. The summed E-state index contributed by atoms with van der Waals surface area (Å²) in [5.41, 5.74) is 0.708. The molecule has 0 aliphatic carbocycles. The number of halogens is 3. The second-order valence-corrected chi connectivity index (χ2v) is 4.18. The largest absolute Gasteiger partial charge is 0.435 e. The molecule has 0 aliphatic heterocycles. The van der Waals surface area contributed by atoms with Gasteiger partial charge < -0.3 is 4.74 Å². The fourth-order valence-electron chi connectivity index (χ4n) is 1.71. The van der Waals surface area contributed by atoms with Gasteiger partial charge in [0.15, 0.2) is 0 Å². The average molecular weight is 288 g/mol. The lowest BCUT2D eigenvalue weighted by Crippen LogP contribution is -2.03. The van der Waals surface area contributed by atoms with Crippen molar-refractivity contribution in [2.75, 3.05) is 0 Å². The zero-order valence-corrected chi connectivity index (χ0v) is 10.9. The summed E-state index contributed by atoms with van der Waals surface area (Å²) in [6.07, 6.45) is 1.64. The van der Waals surface area contributed by atoms with Crippen molar-refractivity contribution in [1.29, 1.82) is 0 Å². The van der Waals surface area contributed by atoms with Gasteiger partial charge in [-0.05, 0) is 42.3 Å². The van der Waals surface area contributed by atoms with Crippen LogP contribution in [0.4, 0.5) is 8.78 Å². The van der Waals surface area contributed by atoms with Gasteiger partial charge in [0, 0.05) is 6.42 Å². The van der Waals surface area contributed by atoms with E-state index in [9.17, 15) is 8.78 Å². The van der Waals surface area contributed by atoms with Gasteiger partial charge in [0.2, 0.25) is 5.28 Å². The highest BCUT2D eigenvalue weighted by Gasteiger charge is 2.12.